The molecule has 0 radical (unpaired) electrons. The van der Waals surface area contributed by atoms with Gasteiger partial charge in [0.25, 0.3) is 11.5 Å². The van der Waals surface area contributed by atoms with E-state index in [1.165, 1.54) is 30.7 Å². The molecule has 1 atom stereocenters. The van der Waals surface area contributed by atoms with Crippen molar-refractivity contribution in [2.45, 2.75) is 13.0 Å². The zero-order valence-electron chi connectivity index (χ0n) is 18.3. The Labute approximate surface area is 199 Å². The monoisotopic (exact) mass is 478 g/mol. The lowest BCUT2D eigenvalue weighted by atomic mass is 9.97. The number of ether oxygens (including phenoxy) is 1. The van der Waals surface area contributed by atoms with Gasteiger partial charge < -0.3 is 14.6 Å². The molecule has 0 aliphatic carbocycles. The van der Waals surface area contributed by atoms with Gasteiger partial charge in [-0.3, -0.25) is 9.59 Å². The second-order valence-electron chi connectivity index (χ2n) is 7.67. The molecule has 8 heteroatoms. The largest absolute Gasteiger partial charge is 0.448 e. The Morgan fingerprint density at radius 2 is 1.65 bits per heavy atom. The molecule has 4 rings (SSSR count). The number of nitrogens with zero attached hydrogens (tertiary/aromatic N) is 1. The van der Waals surface area contributed by atoms with Crippen molar-refractivity contribution in [1.29, 1.82) is 0 Å². The number of anilines is 1. The number of amides is 1. The number of hydrogen-bond acceptors (Lipinski definition) is 4. The van der Waals surface area contributed by atoms with E-state index >= 15 is 0 Å². The van der Waals surface area contributed by atoms with Gasteiger partial charge in [0.15, 0.2) is 6.10 Å². The topological polar surface area (TPSA) is 77.4 Å². The van der Waals surface area contributed by atoms with Gasteiger partial charge in [-0.05, 0) is 42.1 Å². The van der Waals surface area contributed by atoms with E-state index in [0.29, 0.717) is 16.3 Å². The summed E-state index contributed by atoms with van der Waals surface area (Å²) in [6, 6.07) is 19.9. The minimum Gasteiger partial charge on any atom is -0.448 e. The van der Waals surface area contributed by atoms with Crippen LogP contribution in [0.15, 0.2) is 77.6 Å². The van der Waals surface area contributed by atoms with Gasteiger partial charge in [0.1, 0.15) is 11.5 Å². The highest BCUT2D eigenvalue weighted by Crippen LogP contribution is 2.31. The first kappa shape index (κ1) is 23.2. The molecule has 6 nitrogen and oxygen atoms in total. The Morgan fingerprint density at radius 3 is 2.32 bits per heavy atom. The molecular formula is C26H20ClFN2O4. The number of esters is 1. The zero-order valence-corrected chi connectivity index (χ0v) is 19.1. The van der Waals surface area contributed by atoms with Gasteiger partial charge in [0.2, 0.25) is 0 Å². The van der Waals surface area contributed by atoms with Crippen LogP contribution in [0, 0.1) is 5.82 Å². The molecule has 3 aromatic carbocycles. The quantitative estimate of drug-likeness (QED) is 0.401. The van der Waals surface area contributed by atoms with Crippen LogP contribution in [0.5, 0.6) is 0 Å². The minimum absolute atomic E-state index is 0.0272. The number of carbonyl (C=O) groups excluding carboxylic acids is 2. The van der Waals surface area contributed by atoms with Crippen LogP contribution in [-0.4, -0.2) is 22.5 Å². The van der Waals surface area contributed by atoms with E-state index < -0.39 is 23.8 Å². The molecular weight excluding hydrogens is 459 g/mol. The highest BCUT2D eigenvalue weighted by Gasteiger charge is 2.26. The van der Waals surface area contributed by atoms with Gasteiger partial charge in [-0.25, -0.2) is 9.18 Å². The standard InChI is InChI=1S/C26H20ClFN2O4/c1-15(24(31)29-17-12-13-21(28)20(27)14-17)34-26(33)23-22(16-8-4-3-5-9-16)18-10-6-7-11-19(18)25(32)30(23)2/h3-15H,1-2H3,(H,29,31). The average molecular weight is 479 g/mol. The first-order valence-electron chi connectivity index (χ1n) is 10.4. The van der Waals surface area contributed by atoms with E-state index in [-0.39, 0.29) is 22.0 Å². The molecule has 0 bridgehead atoms. The fourth-order valence-corrected chi connectivity index (χ4v) is 3.87. The highest BCUT2D eigenvalue weighted by molar-refractivity contribution is 6.31. The van der Waals surface area contributed by atoms with Crippen LogP contribution < -0.4 is 10.9 Å². The number of hydrogen-bond donors (Lipinski definition) is 1. The van der Waals surface area contributed by atoms with Gasteiger partial charge in [-0.2, -0.15) is 0 Å². The molecule has 0 saturated carbocycles. The van der Waals surface area contributed by atoms with Crippen molar-refractivity contribution in [3.05, 3.63) is 99.7 Å². The molecule has 1 heterocycles. The summed E-state index contributed by atoms with van der Waals surface area (Å²) in [6.07, 6.45) is -1.21. The van der Waals surface area contributed by atoms with Crippen molar-refractivity contribution in [2.24, 2.45) is 7.05 Å². The summed E-state index contributed by atoms with van der Waals surface area (Å²) >= 11 is 5.75. The molecule has 0 aliphatic heterocycles. The number of rotatable bonds is 5. The number of benzene rings is 3. The zero-order chi connectivity index (χ0) is 24.4. The van der Waals surface area contributed by atoms with Crippen molar-refractivity contribution in [3.63, 3.8) is 0 Å². The molecule has 34 heavy (non-hydrogen) atoms. The predicted octanol–water partition coefficient (Wildman–Crippen LogP) is 5.18. The maximum atomic E-state index is 13.4. The van der Waals surface area contributed by atoms with Crippen molar-refractivity contribution >= 4 is 39.9 Å². The van der Waals surface area contributed by atoms with Crippen LogP contribution in [-0.2, 0) is 16.6 Å². The maximum absolute atomic E-state index is 13.4. The van der Waals surface area contributed by atoms with Gasteiger partial charge in [0.05, 0.1) is 5.02 Å². The predicted molar refractivity (Wildman–Crippen MR) is 130 cm³/mol. The fraction of sp³-hybridized carbons (Fsp3) is 0.115. The van der Waals surface area contributed by atoms with Gasteiger partial charge >= 0.3 is 5.97 Å². The van der Waals surface area contributed by atoms with E-state index in [1.54, 1.807) is 24.3 Å². The van der Waals surface area contributed by atoms with E-state index in [4.69, 9.17) is 16.3 Å². The van der Waals surface area contributed by atoms with Crippen LogP contribution in [0.4, 0.5) is 10.1 Å². The van der Waals surface area contributed by atoms with Crippen molar-refractivity contribution < 1.29 is 18.7 Å². The summed E-state index contributed by atoms with van der Waals surface area (Å²) in [5.41, 5.74) is 1.17. The van der Waals surface area contributed by atoms with Crippen molar-refractivity contribution in [3.8, 4) is 11.1 Å². The number of carbonyl (C=O) groups is 2. The summed E-state index contributed by atoms with van der Waals surface area (Å²) in [5, 5.41) is 3.44. The summed E-state index contributed by atoms with van der Waals surface area (Å²) in [5.74, 6) is -2.09. The van der Waals surface area contributed by atoms with E-state index in [9.17, 15) is 18.8 Å². The summed E-state index contributed by atoms with van der Waals surface area (Å²) in [4.78, 5) is 38.9. The molecule has 4 aromatic rings. The normalized spacial score (nSPS) is 11.8. The highest BCUT2D eigenvalue weighted by atomic mass is 35.5. The molecule has 0 aliphatic rings. The Morgan fingerprint density at radius 1 is 1.00 bits per heavy atom. The third kappa shape index (κ3) is 4.43. The third-order valence-corrected chi connectivity index (χ3v) is 5.69. The number of halogens is 2. The lowest BCUT2D eigenvalue weighted by Gasteiger charge is -2.19. The van der Waals surface area contributed by atoms with Crippen LogP contribution in [0.2, 0.25) is 5.02 Å². The first-order valence-corrected chi connectivity index (χ1v) is 10.8. The molecule has 0 saturated heterocycles. The Bertz CT molecular complexity index is 1470. The Hall–Kier alpha value is -3.97. The number of nitrogens with one attached hydrogen (secondary N) is 1. The van der Waals surface area contributed by atoms with E-state index in [1.807, 2.05) is 30.3 Å². The Kier molecular flexibility index (Phi) is 6.47. The number of pyridine rings is 1. The minimum atomic E-state index is -1.21. The summed E-state index contributed by atoms with van der Waals surface area (Å²) in [7, 11) is 1.49. The van der Waals surface area contributed by atoms with Crippen LogP contribution in [0.25, 0.3) is 21.9 Å². The maximum Gasteiger partial charge on any atom is 0.356 e. The van der Waals surface area contributed by atoms with Crippen molar-refractivity contribution in [1.82, 2.24) is 4.57 Å². The SMILES string of the molecule is CC(OC(=O)c1c(-c2ccccc2)c2ccccc2c(=O)n1C)C(=O)Nc1ccc(F)c(Cl)c1. The Balaban J connectivity index is 1.71. The first-order chi connectivity index (χ1) is 16.3. The third-order valence-electron chi connectivity index (χ3n) is 5.40. The van der Waals surface area contributed by atoms with E-state index in [2.05, 4.69) is 5.32 Å². The lowest BCUT2D eigenvalue weighted by molar-refractivity contribution is -0.123. The average Bonchev–Trinajstić information content (AvgIpc) is 2.84. The smallest absolute Gasteiger partial charge is 0.356 e. The second kappa shape index (κ2) is 9.49. The van der Waals surface area contributed by atoms with E-state index in [0.717, 1.165) is 11.6 Å². The lowest BCUT2D eigenvalue weighted by Crippen LogP contribution is -2.32. The van der Waals surface area contributed by atoms with Crippen molar-refractivity contribution in [2.75, 3.05) is 5.32 Å². The van der Waals surface area contributed by atoms with Crippen LogP contribution >= 0.6 is 11.6 Å². The van der Waals surface area contributed by atoms with Crippen LogP contribution in [0.3, 0.4) is 0 Å². The molecule has 172 valence electrons. The van der Waals surface area contributed by atoms with Gasteiger partial charge in [-0.1, -0.05) is 60.1 Å². The molecule has 1 amide bonds. The molecule has 0 fully saturated rings. The summed E-state index contributed by atoms with van der Waals surface area (Å²) in [6.45, 7) is 1.40. The fourth-order valence-electron chi connectivity index (χ4n) is 3.69. The number of aromatic nitrogens is 1. The van der Waals surface area contributed by atoms with Crippen LogP contribution in [0.1, 0.15) is 17.4 Å². The van der Waals surface area contributed by atoms with Gasteiger partial charge in [0, 0.05) is 23.7 Å². The van der Waals surface area contributed by atoms with Gasteiger partial charge in [-0.15, -0.1) is 0 Å². The molecule has 0 spiro atoms. The molecule has 1 unspecified atom stereocenters. The number of fused-ring (bicyclic) bond motifs is 1. The molecule has 1 aromatic heterocycles. The molecule has 1 N–H and O–H groups in total. The summed E-state index contributed by atoms with van der Waals surface area (Å²) < 4.78 is 20.1. The second-order valence-corrected chi connectivity index (χ2v) is 8.07.